The summed E-state index contributed by atoms with van der Waals surface area (Å²) in [7, 11) is 0. The number of pyridine rings is 3. The molecule has 4 rings (SSSR count). The van der Waals surface area contributed by atoms with Gasteiger partial charge in [0.15, 0.2) is 5.65 Å². The zero-order valence-electron chi connectivity index (χ0n) is 13.0. The van der Waals surface area contributed by atoms with Gasteiger partial charge >= 0.3 is 0 Å². The lowest BCUT2D eigenvalue weighted by Gasteiger charge is -2.05. The van der Waals surface area contributed by atoms with Gasteiger partial charge in [0.1, 0.15) is 11.6 Å². The third kappa shape index (κ3) is 2.74. The largest absolute Gasteiger partial charge is 0.384 e. The number of aromatic nitrogens is 5. The van der Waals surface area contributed by atoms with Gasteiger partial charge in [-0.25, -0.2) is 15.0 Å². The Bertz CT molecular complexity index is 1010. The van der Waals surface area contributed by atoms with Crippen LogP contribution >= 0.6 is 0 Å². The average Bonchev–Trinajstić information content (AvgIpc) is 2.99. The Morgan fingerprint density at radius 3 is 2.71 bits per heavy atom. The zero-order valence-corrected chi connectivity index (χ0v) is 13.0. The van der Waals surface area contributed by atoms with Crippen molar-refractivity contribution in [3.63, 3.8) is 0 Å². The first-order valence-corrected chi connectivity index (χ1v) is 7.45. The van der Waals surface area contributed by atoms with Gasteiger partial charge in [-0.1, -0.05) is 0 Å². The maximum absolute atomic E-state index is 5.62. The first-order chi connectivity index (χ1) is 11.7. The van der Waals surface area contributed by atoms with Crippen LogP contribution in [0, 0.1) is 6.92 Å². The first-order valence-electron chi connectivity index (χ1n) is 7.45. The molecule has 0 saturated heterocycles. The first kappa shape index (κ1) is 14.1. The van der Waals surface area contributed by atoms with E-state index < -0.39 is 0 Å². The van der Waals surface area contributed by atoms with Gasteiger partial charge < -0.3 is 16.0 Å². The number of aromatic amines is 1. The predicted molar refractivity (Wildman–Crippen MR) is 93.8 cm³/mol. The molecule has 0 atom stereocenters. The third-order valence-electron chi connectivity index (χ3n) is 3.58. The van der Waals surface area contributed by atoms with E-state index in [9.17, 15) is 0 Å². The summed E-state index contributed by atoms with van der Waals surface area (Å²) in [5.74, 6) is 1.19. The second-order valence-corrected chi connectivity index (χ2v) is 5.46. The second kappa shape index (κ2) is 5.62. The number of hydrogen-bond donors (Lipinski definition) is 3. The molecular weight excluding hydrogens is 302 g/mol. The molecule has 0 radical (unpaired) electrons. The number of fused-ring (bicyclic) bond motifs is 1. The molecule has 0 unspecified atom stereocenters. The zero-order chi connectivity index (χ0) is 16.5. The monoisotopic (exact) mass is 317 g/mol. The fraction of sp³-hybridized carbons (Fsp3) is 0.0588. The van der Waals surface area contributed by atoms with Crippen LogP contribution in [0.3, 0.4) is 0 Å². The van der Waals surface area contributed by atoms with E-state index in [0.29, 0.717) is 17.3 Å². The standard InChI is InChI=1S/C17H15N7/c1-10-6-12(4-5-19-10)22-13-7-14-17(21-9-13)24-16(23-14)11-2-3-15(18)20-8-11/h2-9H,1H3,(H2,18,20)(H,19,22)(H,21,23,24). The summed E-state index contributed by atoms with van der Waals surface area (Å²) >= 11 is 0. The quantitative estimate of drug-likeness (QED) is 0.536. The topological polar surface area (TPSA) is 105 Å². The summed E-state index contributed by atoms with van der Waals surface area (Å²) in [5.41, 5.74) is 10.8. The van der Waals surface area contributed by atoms with Crippen molar-refractivity contribution in [2.24, 2.45) is 0 Å². The highest BCUT2D eigenvalue weighted by Crippen LogP contribution is 2.23. The van der Waals surface area contributed by atoms with Crippen molar-refractivity contribution in [1.82, 2.24) is 24.9 Å². The number of nitrogen functional groups attached to an aromatic ring is 1. The Morgan fingerprint density at radius 2 is 1.92 bits per heavy atom. The van der Waals surface area contributed by atoms with Crippen LogP contribution in [0.1, 0.15) is 5.69 Å². The molecule has 0 fully saturated rings. The van der Waals surface area contributed by atoms with E-state index in [0.717, 1.165) is 28.1 Å². The Balaban J connectivity index is 1.67. The minimum Gasteiger partial charge on any atom is -0.384 e. The van der Waals surface area contributed by atoms with Crippen molar-refractivity contribution in [3.8, 4) is 11.4 Å². The molecule has 4 N–H and O–H groups in total. The van der Waals surface area contributed by atoms with Crippen molar-refractivity contribution >= 4 is 28.4 Å². The van der Waals surface area contributed by atoms with Crippen molar-refractivity contribution < 1.29 is 0 Å². The number of rotatable bonds is 3. The molecule has 0 saturated carbocycles. The van der Waals surface area contributed by atoms with E-state index in [4.69, 9.17) is 5.73 Å². The molecule has 7 heteroatoms. The van der Waals surface area contributed by atoms with Crippen molar-refractivity contribution in [1.29, 1.82) is 0 Å². The predicted octanol–water partition coefficient (Wildman–Crippen LogP) is 3.05. The normalized spacial score (nSPS) is 10.9. The Labute approximate surface area is 138 Å². The average molecular weight is 317 g/mol. The maximum Gasteiger partial charge on any atom is 0.178 e. The van der Waals surface area contributed by atoms with Crippen LogP contribution in [0.5, 0.6) is 0 Å². The fourth-order valence-electron chi connectivity index (χ4n) is 2.44. The highest BCUT2D eigenvalue weighted by molar-refractivity contribution is 5.79. The second-order valence-electron chi connectivity index (χ2n) is 5.46. The van der Waals surface area contributed by atoms with Gasteiger partial charge in [-0.05, 0) is 37.3 Å². The molecule has 4 aromatic rings. The van der Waals surface area contributed by atoms with E-state index in [1.807, 2.05) is 31.2 Å². The number of anilines is 3. The molecule has 4 aromatic heterocycles. The third-order valence-corrected chi connectivity index (χ3v) is 3.58. The molecule has 4 heterocycles. The fourth-order valence-corrected chi connectivity index (χ4v) is 2.44. The lowest BCUT2D eigenvalue weighted by Crippen LogP contribution is -1.92. The van der Waals surface area contributed by atoms with E-state index >= 15 is 0 Å². The van der Waals surface area contributed by atoms with E-state index in [1.165, 1.54) is 0 Å². The van der Waals surface area contributed by atoms with E-state index in [1.54, 1.807) is 24.7 Å². The van der Waals surface area contributed by atoms with Crippen molar-refractivity contribution in [3.05, 3.63) is 54.6 Å². The highest BCUT2D eigenvalue weighted by Gasteiger charge is 2.08. The SMILES string of the molecule is Cc1cc(Nc2cnc3nc(-c4ccc(N)nc4)[nH]c3c2)ccn1. The highest BCUT2D eigenvalue weighted by atomic mass is 15.0. The lowest BCUT2D eigenvalue weighted by molar-refractivity contribution is 1.20. The van der Waals surface area contributed by atoms with Crippen LogP contribution in [-0.2, 0) is 0 Å². The van der Waals surface area contributed by atoms with Crippen LogP contribution in [0.4, 0.5) is 17.2 Å². The molecule has 0 bridgehead atoms. The van der Waals surface area contributed by atoms with E-state index in [-0.39, 0.29) is 0 Å². The summed E-state index contributed by atoms with van der Waals surface area (Å²) in [6.45, 7) is 1.95. The Hall–Kier alpha value is -3.48. The molecule has 24 heavy (non-hydrogen) atoms. The lowest BCUT2D eigenvalue weighted by atomic mass is 10.3. The van der Waals surface area contributed by atoms with Crippen LogP contribution in [-0.4, -0.2) is 24.9 Å². The van der Waals surface area contributed by atoms with Gasteiger partial charge in [-0.2, -0.15) is 0 Å². The van der Waals surface area contributed by atoms with Crippen LogP contribution in [0.2, 0.25) is 0 Å². The van der Waals surface area contributed by atoms with E-state index in [2.05, 4.69) is 30.2 Å². The smallest absolute Gasteiger partial charge is 0.178 e. The molecule has 7 nitrogen and oxygen atoms in total. The molecule has 0 aliphatic carbocycles. The minimum atomic E-state index is 0.479. The van der Waals surface area contributed by atoms with Gasteiger partial charge in [0.05, 0.1) is 17.4 Å². The summed E-state index contributed by atoms with van der Waals surface area (Å²) < 4.78 is 0. The molecule has 0 aromatic carbocycles. The molecular formula is C17H15N7. The molecule has 0 amide bonds. The van der Waals surface area contributed by atoms with Crippen LogP contribution in [0.15, 0.2) is 48.9 Å². The van der Waals surface area contributed by atoms with Crippen molar-refractivity contribution in [2.75, 3.05) is 11.1 Å². The molecule has 0 aliphatic heterocycles. The number of aryl methyl sites for hydroxylation is 1. The number of nitrogens with one attached hydrogen (secondary N) is 2. The molecule has 0 aliphatic rings. The number of hydrogen-bond acceptors (Lipinski definition) is 6. The molecule has 0 spiro atoms. The Morgan fingerprint density at radius 1 is 1.00 bits per heavy atom. The maximum atomic E-state index is 5.62. The Kier molecular flexibility index (Phi) is 3.31. The van der Waals surface area contributed by atoms with Crippen LogP contribution in [0.25, 0.3) is 22.6 Å². The number of H-pyrrole nitrogens is 1. The summed E-state index contributed by atoms with van der Waals surface area (Å²) in [5, 5.41) is 3.31. The minimum absolute atomic E-state index is 0.479. The van der Waals surface area contributed by atoms with Gasteiger partial charge in [-0.3, -0.25) is 4.98 Å². The van der Waals surface area contributed by atoms with Gasteiger partial charge in [-0.15, -0.1) is 0 Å². The van der Waals surface area contributed by atoms with Crippen molar-refractivity contribution in [2.45, 2.75) is 6.92 Å². The summed E-state index contributed by atoms with van der Waals surface area (Å²) in [4.78, 5) is 20.4. The summed E-state index contributed by atoms with van der Waals surface area (Å²) in [6, 6.07) is 9.48. The van der Waals surface area contributed by atoms with Gasteiger partial charge in [0.2, 0.25) is 0 Å². The number of nitrogens with two attached hydrogens (primary N) is 1. The van der Waals surface area contributed by atoms with Crippen LogP contribution < -0.4 is 11.1 Å². The molecule has 118 valence electrons. The number of imidazole rings is 1. The van der Waals surface area contributed by atoms with Gasteiger partial charge in [0.25, 0.3) is 0 Å². The van der Waals surface area contributed by atoms with Gasteiger partial charge in [0, 0.05) is 29.3 Å². The summed E-state index contributed by atoms with van der Waals surface area (Å²) in [6.07, 6.45) is 5.21. The number of nitrogens with zero attached hydrogens (tertiary/aromatic N) is 4.